The first-order valence-corrected chi connectivity index (χ1v) is 7.30. The van der Waals surface area contributed by atoms with Crippen LogP contribution in [-0.4, -0.2) is 16.3 Å². The van der Waals surface area contributed by atoms with E-state index in [0.29, 0.717) is 18.5 Å². The number of aryl methyl sites for hydroxylation is 1. The summed E-state index contributed by atoms with van der Waals surface area (Å²) < 4.78 is 28.7. The Bertz CT molecular complexity index is 775. The number of hydrogen-bond donors (Lipinski definition) is 1. The van der Waals surface area contributed by atoms with Crippen LogP contribution in [0.1, 0.15) is 17.5 Å². The molecular weight excluding hydrogens is 284 g/mol. The van der Waals surface area contributed by atoms with Crippen LogP contribution >= 0.6 is 0 Å². The molecule has 3 aromatic rings. The molecule has 4 heteroatoms. The van der Waals surface area contributed by atoms with Crippen molar-refractivity contribution in [3.05, 3.63) is 71.4 Å². The lowest BCUT2D eigenvalue weighted by molar-refractivity contribution is 0.288. The minimum atomic E-state index is -0.563. The van der Waals surface area contributed by atoms with Crippen molar-refractivity contribution in [2.45, 2.75) is 19.4 Å². The first-order valence-electron chi connectivity index (χ1n) is 7.30. The van der Waals surface area contributed by atoms with Gasteiger partial charge in [-0.15, -0.1) is 0 Å². The fourth-order valence-corrected chi connectivity index (χ4v) is 2.82. The molecule has 1 heterocycles. The van der Waals surface area contributed by atoms with E-state index >= 15 is 0 Å². The highest BCUT2D eigenvalue weighted by atomic mass is 19.1. The molecule has 0 aliphatic heterocycles. The van der Waals surface area contributed by atoms with E-state index in [9.17, 15) is 8.78 Å². The van der Waals surface area contributed by atoms with Gasteiger partial charge in [0, 0.05) is 36.3 Å². The lowest BCUT2D eigenvalue weighted by Gasteiger charge is -2.06. The van der Waals surface area contributed by atoms with Crippen LogP contribution < -0.4 is 0 Å². The molecule has 0 aliphatic carbocycles. The predicted molar refractivity (Wildman–Crippen MR) is 82.8 cm³/mol. The summed E-state index contributed by atoms with van der Waals surface area (Å²) in [7, 11) is 0. The average molecular weight is 301 g/mol. The number of hydrogen-bond acceptors (Lipinski definition) is 1. The summed E-state index contributed by atoms with van der Waals surface area (Å²) in [5.74, 6) is -1.13. The highest BCUT2D eigenvalue weighted by Crippen LogP contribution is 2.24. The molecule has 0 radical (unpaired) electrons. The third kappa shape index (κ3) is 3.02. The van der Waals surface area contributed by atoms with Crippen LogP contribution in [0.15, 0.2) is 48.7 Å². The summed E-state index contributed by atoms with van der Waals surface area (Å²) in [5, 5.41) is 10.1. The van der Waals surface area contributed by atoms with Crippen LogP contribution in [0.5, 0.6) is 0 Å². The van der Waals surface area contributed by atoms with Crippen LogP contribution in [0.2, 0.25) is 0 Å². The highest BCUT2D eigenvalue weighted by Gasteiger charge is 2.09. The van der Waals surface area contributed by atoms with Gasteiger partial charge in [-0.25, -0.2) is 8.78 Å². The zero-order chi connectivity index (χ0) is 15.5. The van der Waals surface area contributed by atoms with Gasteiger partial charge in [0.15, 0.2) is 0 Å². The Balaban J connectivity index is 1.99. The number of nitrogens with zero attached hydrogens (tertiary/aromatic N) is 1. The molecule has 0 aliphatic rings. The van der Waals surface area contributed by atoms with Crippen molar-refractivity contribution in [1.82, 2.24) is 4.57 Å². The maximum atomic E-state index is 13.3. The average Bonchev–Trinajstić information content (AvgIpc) is 2.82. The van der Waals surface area contributed by atoms with E-state index in [1.165, 1.54) is 12.1 Å². The molecule has 0 unspecified atom stereocenters. The Morgan fingerprint density at radius 3 is 2.45 bits per heavy atom. The molecular formula is C18H17F2NO. The molecule has 22 heavy (non-hydrogen) atoms. The van der Waals surface area contributed by atoms with E-state index in [2.05, 4.69) is 0 Å². The van der Waals surface area contributed by atoms with E-state index in [4.69, 9.17) is 5.11 Å². The number of aliphatic hydroxyl groups excluding tert-OH is 1. The lowest BCUT2D eigenvalue weighted by atomic mass is 10.1. The maximum absolute atomic E-state index is 13.3. The molecule has 3 rings (SSSR count). The molecule has 0 fully saturated rings. The smallest absolute Gasteiger partial charge is 0.126 e. The SMILES string of the molecule is OCCCc1cn(Cc2cc(F)cc(F)c2)c2ccccc12. The van der Waals surface area contributed by atoms with Gasteiger partial charge in [-0.1, -0.05) is 18.2 Å². The van der Waals surface area contributed by atoms with Gasteiger partial charge >= 0.3 is 0 Å². The van der Waals surface area contributed by atoms with Crippen molar-refractivity contribution in [3.8, 4) is 0 Å². The van der Waals surface area contributed by atoms with E-state index in [1.54, 1.807) is 0 Å². The number of aliphatic hydroxyl groups is 1. The number of aromatic nitrogens is 1. The zero-order valence-corrected chi connectivity index (χ0v) is 12.1. The molecule has 114 valence electrons. The molecule has 0 amide bonds. The fraction of sp³-hybridized carbons (Fsp3) is 0.222. The quantitative estimate of drug-likeness (QED) is 0.760. The molecule has 2 nitrogen and oxygen atoms in total. The molecule has 0 saturated heterocycles. The number of fused-ring (bicyclic) bond motifs is 1. The molecule has 1 aromatic heterocycles. The Hall–Kier alpha value is -2.20. The van der Waals surface area contributed by atoms with Crippen LogP contribution in [0.4, 0.5) is 8.78 Å². The minimum absolute atomic E-state index is 0.147. The van der Waals surface area contributed by atoms with Crippen molar-refractivity contribution in [2.75, 3.05) is 6.61 Å². The van der Waals surface area contributed by atoms with Gasteiger partial charge in [-0.2, -0.15) is 0 Å². The lowest BCUT2D eigenvalue weighted by Crippen LogP contribution is -1.99. The number of rotatable bonds is 5. The highest BCUT2D eigenvalue weighted by molar-refractivity contribution is 5.84. The van der Waals surface area contributed by atoms with Gasteiger partial charge in [0.1, 0.15) is 11.6 Å². The zero-order valence-electron chi connectivity index (χ0n) is 12.1. The summed E-state index contributed by atoms with van der Waals surface area (Å²) in [6.45, 7) is 0.558. The van der Waals surface area contributed by atoms with Gasteiger partial charge in [-0.3, -0.25) is 0 Å². The first-order chi connectivity index (χ1) is 10.7. The molecule has 0 spiro atoms. The van der Waals surface area contributed by atoms with Crippen molar-refractivity contribution in [2.24, 2.45) is 0 Å². The second-order valence-electron chi connectivity index (χ2n) is 5.40. The fourth-order valence-electron chi connectivity index (χ4n) is 2.82. The standard InChI is InChI=1S/C18H17F2NO/c19-15-8-13(9-16(20)10-15)11-21-12-14(4-3-7-22)17-5-1-2-6-18(17)21/h1-2,5-6,8-10,12,22H,3-4,7,11H2. The van der Waals surface area contributed by atoms with Crippen LogP contribution in [-0.2, 0) is 13.0 Å². The van der Waals surface area contributed by atoms with Crippen molar-refractivity contribution < 1.29 is 13.9 Å². The summed E-state index contributed by atoms with van der Waals surface area (Å²) in [6.07, 6.45) is 3.48. The molecule has 0 atom stereocenters. The monoisotopic (exact) mass is 301 g/mol. The second-order valence-corrected chi connectivity index (χ2v) is 5.40. The topological polar surface area (TPSA) is 25.2 Å². The van der Waals surface area contributed by atoms with Gasteiger partial charge in [0.05, 0.1) is 0 Å². The number of para-hydroxylation sites is 1. The third-order valence-electron chi connectivity index (χ3n) is 3.75. The Morgan fingerprint density at radius 1 is 1.00 bits per heavy atom. The van der Waals surface area contributed by atoms with Crippen molar-refractivity contribution in [1.29, 1.82) is 0 Å². The maximum Gasteiger partial charge on any atom is 0.126 e. The largest absolute Gasteiger partial charge is 0.396 e. The van der Waals surface area contributed by atoms with E-state index in [0.717, 1.165) is 29.0 Å². The summed E-state index contributed by atoms with van der Waals surface area (Å²) in [5.41, 5.74) is 2.76. The Kier molecular flexibility index (Phi) is 4.20. The van der Waals surface area contributed by atoms with Crippen molar-refractivity contribution in [3.63, 3.8) is 0 Å². The predicted octanol–water partition coefficient (Wildman–Crippen LogP) is 3.89. The first kappa shape index (κ1) is 14.7. The molecule has 0 bridgehead atoms. The molecule has 0 saturated carbocycles. The molecule has 2 aromatic carbocycles. The summed E-state index contributed by atoms with van der Waals surface area (Å²) in [4.78, 5) is 0. The van der Waals surface area contributed by atoms with Crippen LogP contribution in [0.3, 0.4) is 0 Å². The van der Waals surface area contributed by atoms with Crippen LogP contribution in [0, 0.1) is 11.6 Å². The third-order valence-corrected chi connectivity index (χ3v) is 3.75. The van der Waals surface area contributed by atoms with Gasteiger partial charge in [0.2, 0.25) is 0 Å². The normalized spacial score (nSPS) is 11.2. The van der Waals surface area contributed by atoms with E-state index < -0.39 is 11.6 Å². The van der Waals surface area contributed by atoms with Crippen molar-refractivity contribution >= 4 is 10.9 Å². The summed E-state index contributed by atoms with van der Waals surface area (Å²) >= 11 is 0. The van der Waals surface area contributed by atoms with Gasteiger partial charge in [-0.05, 0) is 42.2 Å². The minimum Gasteiger partial charge on any atom is -0.396 e. The van der Waals surface area contributed by atoms with Gasteiger partial charge in [0.25, 0.3) is 0 Å². The number of benzene rings is 2. The van der Waals surface area contributed by atoms with E-state index in [-0.39, 0.29) is 6.61 Å². The Morgan fingerprint density at radius 2 is 1.73 bits per heavy atom. The van der Waals surface area contributed by atoms with Crippen LogP contribution in [0.25, 0.3) is 10.9 Å². The summed E-state index contributed by atoms with van der Waals surface area (Å²) in [6, 6.07) is 11.5. The number of halogens is 2. The molecule has 1 N–H and O–H groups in total. The Labute approximate surface area is 127 Å². The van der Waals surface area contributed by atoms with E-state index in [1.807, 2.05) is 35.0 Å². The van der Waals surface area contributed by atoms with Gasteiger partial charge < -0.3 is 9.67 Å². The second kappa shape index (κ2) is 6.28.